The van der Waals surface area contributed by atoms with E-state index < -0.39 is 0 Å². The van der Waals surface area contributed by atoms with Crippen LogP contribution < -0.4 is 0 Å². The van der Waals surface area contributed by atoms with Crippen molar-refractivity contribution in [1.82, 2.24) is 14.8 Å². The van der Waals surface area contributed by atoms with Crippen LogP contribution >= 0.6 is 0 Å². The maximum Gasteiger partial charge on any atom is 0.223 e. The Hall–Kier alpha value is -2.27. The van der Waals surface area contributed by atoms with E-state index >= 15 is 0 Å². The molecule has 0 saturated carbocycles. The predicted molar refractivity (Wildman–Crippen MR) is 102 cm³/mol. The van der Waals surface area contributed by atoms with Crippen molar-refractivity contribution in [2.24, 2.45) is 0 Å². The Labute approximate surface area is 160 Å². The van der Waals surface area contributed by atoms with E-state index in [2.05, 4.69) is 16.0 Å². The first kappa shape index (κ1) is 18.1. The Morgan fingerprint density at radius 3 is 2.74 bits per heavy atom. The van der Waals surface area contributed by atoms with Crippen molar-refractivity contribution < 1.29 is 9.18 Å². The van der Waals surface area contributed by atoms with Gasteiger partial charge in [0, 0.05) is 44.0 Å². The minimum Gasteiger partial charge on any atom is -0.333 e. The summed E-state index contributed by atoms with van der Waals surface area (Å²) in [7, 11) is 0. The molecule has 1 aromatic carbocycles. The van der Waals surface area contributed by atoms with Crippen LogP contribution in [0.2, 0.25) is 0 Å². The summed E-state index contributed by atoms with van der Waals surface area (Å²) in [6.07, 6.45) is 8.34. The van der Waals surface area contributed by atoms with Crippen LogP contribution in [0.3, 0.4) is 0 Å². The van der Waals surface area contributed by atoms with Crippen LogP contribution in [-0.4, -0.2) is 39.3 Å². The Morgan fingerprint density at radius 1 is 1.04 bits per heavy atom. The topological polar surface area (TPSA) is 36.4 Å². The zero-order valence-corrected chi connectivity index (χ0v) is 15.6. The van der Waals surface area contributed by atoms with E-state index in [1.165, 1.54) is 11.6 Å². The summed E-state index contributed by atoms with van der Waals surface area (Å²) in [6.45, 7) is 3.43. The third-order valence-corrected chi connectivity index (χ3v) is 6.05. The van der Waals surface area contributed by atoms with Gasteiger partial charge in [-0.2, -0.15) is 0 Å². The highest BCUT2D eigenvalue weighted by atomic mass is 19.1. The second-order valence-electron chi connectivity index (χ2n) is 7.83. The van der Waals surface area contributed by atoms with Crippen LogP contribution in [0.5, 0.6) is 0 Å². The van der Waals surface area contributed by atoms with Crippen molar-refractivity contribution in [3.8, 4) is 0 Å². The molecule has 1 spiro atoms. The molecule has 2 aliphatic heterocycles. The van der Waals surface area contributed by atoms with Gasteiger partial charge in [0.1, 0.15) is 5.82 Å². The van der Waals surface area contributed by atoms with Crippen molar-refractivity contribution in [2.45, 2.75) is 50.7 Å². The molecular weight excluding hydrogens is 341 g/mol. The zero-order valence-electron chi connectivity index (χ0n) is 15.6. The SMILES string of the molecule is O=C1CCC2(CCCN(Cc3cccnc3)CC2)N1Cc1cccc(F)c1. The molecule has 4 rings (SSSR count). The lowest BCUT2D eigenvalue weighted by Gasteiger charge is -2.38. The molecule has 0 aliphatic carbocycles. The molecule has 0 radical (unpaired) electrons. The molecule has 27 heavy (non-hydrogen) atoms. The van der Waals surface area contributed by atoms with E-state index in [0.717, 1.165) is 50.9 Å². The summed E-state index contributed by atoms with van der Waals surface area (Å²) in [4.78, 5) is 21.3. The highest BCUT2D eigenvalue weighted by Crippen LogP contribution is 2.40. The van der Waals surface area contributed by atoms with Crippen molar-refractivity contribution in [3.63, 3.8) is 0 Å². The van der Waals surface area contributed by atoms with Crippen LogP contribution in [0.25, 0.3) is 0 Å². The van der Waals surface area contributed by atoms with E-state index in [9.17, 15) is 9.18 Å². The number of nitrogens with zero attached hydrogens (tertiary/aromatic N) is 3. The van der Waals surface area contributed by atoms with Gasteiger partial charge < -0.3 is 4.90 Å². The molecule has 1 amide bonds. The number of pyridine rings is 1. The van der Waals surface area contributed by atoms with Crippen LogP contribution in [0, 0.1) is 5.82 Å². The molecule has 0 N–H and O–H groups in total. The van der Waals surface area contributed by atoms with Crippen molar-refractivity contribution in [3.05, 3.63) is 65.7 Å². The van der Waals surface area contributed by atoms with Crippen LogP contribution in [-0.2, 0) is 17.9 Å². The fourth-order valence-electron chi connectivity index (χ4n) is 4.61. The number of rotatable bonds is 4. The van der Waals surface area contributed by atoms with Gasteiger partial charge in [-0.3, -0.25) is 14.7 Å². The third-order valence-electron chi connectivity index (χ3n) is 6.05. The molecule has 2 aromatic rings. The fraction of sp³-hybridized carbons (Fsp3) is 0.455. The van der Waals surface area contributed by atoms with Crippen molar-refractivity contribution in [2.75, 3.05) is 13.1 Å². The minimum atomic E-state index is -0.239. The van der Waals surface area contributed by atoms with Crippen LogP contribution in [0.1, 0.15) is 43.2 Å². The quantitative estimate of drug-likeness (QED) is 0.825. The van der Waals surface area contributed by atoms with Crippen LogP contribution in [0.4, 0.5) is 4.39 Å². The second kappa shape index (κ2) is 7.77. The normalized spacial score (nSPS) is 23.7. The monoisotopic (exact) mass is 367 g/mol. The third kappa shape index (κ3) is 4.03. The maximum atomic E-state index is 13.6. The van der Waals surface area contributed by atoms with E-state index in [4.69, 9.17) is 0 Å². The number of hydrogen-bond acceptors (Lipinski definition) is 3. The average Bonchev–Trinajstić information content (AvgIpc) is 2.84. The number of halogens is 1. The lowest BCUT2D eigenvalue weighted by Crippen LogP contribution is -2.45. The first-order chi connectivity index (χ1) is 13.1. The van der Waals surface area contributed by atoms with Crippen LogP contribution in [0.15, 0.2) is 48.8 Å². The maximum absolute atomic E-state index is 13.6. The van der Waals surface area contributed by atoms with Gasteiger partial charge >= 0.3 is 0 Å². The Bertz CT molecular complexity index is 797. The Balaban J connectivity index is 1.47. The molecule has 142 valence electrons. The lowest BCUT2D eigenvalue weighted by atomic mass is 9.87. The van der Waals surface area contributed by atoms with E-state index in [-0.39, 0.29) is 17.3 Å². The number of amides is 1. The number of likely N-dealkylation sites (tertiary alicyclic amines) is 2. The molecule has 5 heteroatoms. The van der Waals surface area contributed by atoms with E-state index in [1.807, 2.05) is 23.2 Å². The highest BCUT2D eigenvalue weighted by Gasteiger charge is 2.45. The molecule has 3 heterocycles. The summed E-state index contributed by atoms with van der Waals surface area (Å²) in [5, 5.41) is 0. The molecule has 0 bridgehead atoms. The van der Waals surface area contributed by atoms with Crippen molar-refractivity contribution in [1.29, 1.82) is 0 Å². The smallest absolute Gasteiger partial charge is 0.223 e. The Morgan fingerprint density at radius 2 is 1.93 bits per heavy atom. The summed E-state index contributed by atoms with van der Waals surface area (Å²) < 4.78 is 13.6. The standard InChI is InChI=1S/C22H26FN3O/c23-20-6-1-4-18(14-20)17-26-21(27)7-9-22(26)8-3-12-25(13-10-22)16-19-5-2-11-24-15-19/h1-2,4-6,11,14-15H,3,7-10,12-13,16-17H2. The fourth-order valence-corrected chi connectivity index (χ4v) is 4.61. The largest absolute Gasteiger partial charge is 0.333 e. The van der Waals surface area contributed by atoms with Gasteiger partial charge in [0.2, 0.25) is 5.91 Å². The number of benzene rings is 1. The molecule has 2 aliphatic rings. The van der Waals surface area contributed by atoms with Crippen molar-refractivity contribution >= 4 is 5.91 Å². The number of carbonyl (C=O) groups is 1. The highest BCUT2D eigenvalue weighted by molar-refractivity contribution is 5.79. The van der Waals surface area contributed by atoms with E-state index in [1.54, 1.807) is 18.3 Å². The lowest BCUT2D eigenvalue weighted by molar-refractivity contribution is -0.132. The molecule has 1 atom stereocenters. The zero-order chi connectivity index (χ0) is 18.7. The molecular formula is C22H26FN3O. The summed E-state index contributed by atoms with van der Waals surface area (Å²) >= 11 is 0. The second-order valence-corrected chi connectivity index (χ2v) is 7.83. The van der Waals surface area contributed by atoms with Gasteiger partial charge in [-0.15, -0.1) is 0 Å². The van der Waals surface area contributed by atoms with Gasteiger partial charge in [-0.1, -0.05) is 18.2 Å². The summed E-state index contributed by atoms with van der Waals surface area (Å²) in [5.41, 5.74) is 2.03. The summed E-state index contributed by atoms with van der Waals surface area (Å²) in [5.74, 6) is -0.0309. The molecule has 2 fully saturated rings. The average molecular weight is 367 g/mol. The molecule has 2 saturated heterocycles. The Kier molecular flexibility index (Phi) is 5.21. The van der Waals surface area contributed by atoms with E-state index in [0.29, 0.717) is 13.0 Å². The van der Waals surface area contributed by atoms with Gasteiger partial charge in [-0.05, 0) is 61.6 Å². The minimum absolute atomic E-state index is 0.0763. The number of carbonyl (C=O) groups excluding carboxylic acids is 1. The predicted octanol–water partition coefficient (Wildman–Crippen LogP) is 3.77. The first-order valence-electron chi connectivity index (χ1n) is 9.81. The first-order valence-corrected chi connectivity index (χ1v) is 9.81. The number of hydrogen-bond donors (Lipinski definition) is 0. The summed E-state index contributed by atoms with van der Waals surface area (Å²) in [6, 6.07) is 10.7. The van der Waals surface area contributed by atoms with Gasteiger partial charge in [0.15, 0.2) is 0 Å². The molecule has 4 nitrogen and oxygen atoms in total. The van der Waals surface area contributed by atoms with Gasteiger partial charge in [-0.25, -0.2) is 4.39 Å². The van der Waals surface area contributed by atoms with Gasteiger partial charge in [0.25, 0.3) is 0 Å². The molecule has 1 aromatic heterocycles. The number of aromatic nitrogens is 1. The molecule has 1 unspecified atom stereocenters. The van der Waals surface area contributed by atoms with Gasteiger partial charge in [0.05, 0.1) is 0 Å².